The maximum atomic E-state index is 13.3. The molecule has 12 heteroatoms. The minimum atomic E-state index is -3.88. The molecule has 2 N–H and O–H groups in total. The summed E-state index contributed by atoms with van der Waals surface area (Å²) in [5.41, 5.74) is -0.964. The minimum Gasteiger partial charge on any atom is -0.380 e. The van der Waals surface area contributed by atoms with Crippen LogP contribution in [0, 0.1) is 0 Å². The van der Waals surface area contributed by atoms with Crippen molar-refractivity contribution in [3.8, 4) is 5.75 Å². The summed E-state index contributed by atoms with van der Waals surface area (Å²) in [4.78, 5) is 13.3. The lowest BCUT2D eigenvalue weighted by atomic mass is 9.62. The van der Waals surface area contributed by atoms with Crippen LogP contribution in [0.2, 0.25) is 10.0 Å². The van der Waals surface area contributed by atoms with Gasteiger partial charge in [-0.25, -0.2) is 13.1 Å². The van der Waals surface area contributed by atoms with Crippen LogP contribution in [0.3, 0.4) is 0 Å². The van der Waals surface area contributed by atoms with Gasteiger partial charge in [-0.3, -0.25) is 4.79 Å². The fraction of sp³-hybridized carbons (Fsp3) is 0.667. The van der Waals surface area contributed by atoms with Crippen LogP contribution >= 0.6 is 23.2 Å². The fourth-order valence-corrected chi connectivity index (χ4v) is 8.62. The first-order chi connectivity index (χ1) is 15.4. The largest absolute Gasteiger partial charge is 0.380 e. The van der Waals surface area contributed by atoms with Gasteiger partial charge in [0.2, 0.25) is 10.0 Å². The predicted molar refractivity (Wildman–Crippen MR) is 125 cm³/mol. The van der Waals surface area contributed by atoms with Crippen LogP contribution in [-0.4, -0.2) is 44.3 Å². The van der Waals surface area contributed by atoms with Crippen LogP contribution in [0.5, 0.6) is 5.75 Å². The SMILES string of the molecule is O=C(NC12CCC(NS(=O)(=O)C3CC3)(CC1)CC2)c1cc(Cl)cc(Cl)c1OS(=O)(=O)C1CC1. The highest BCUT2D eigenvalue weighted by Gasteiger charge is 2.52. The van der Waals surface area contributed by atoms with Crippen LogP contribution < -0.4 is 14.2 Å². The molecule has 0 aliphatic heterocycles. The second-order valence-corrected chi connectivity index (χ2v) is 14.5. The number of fused-ring (bicyclic) bond motifs is 3. The van der Waals surface area contributed by atoms with Crippen molar-refractivity contribution in [1.82, 2.24) is 10.0 Å². The van der Waals surface area contributed by atoms with Crippen LogP contribution in [0.25, 0.3) is 0 Å². The number of halogens is 2. The molecule has 0 spiro atoms. The summed E-state index contributed by atoms with van der Waals surface area (Å²) in [6.07, 6.45) is 6.24. The molecule has 5 aliphatic carbocycles. The Kier molecular flexibility index (Phi) is 5.72. The first kappa shape index (κ1) is 23.7. The summed E-state index contributed by atoms with van der Waals surface area (Å²) in [6.45, 7) is 0. The average Bonchev–Trinajstić information content (AvgIpc) is 3.63. The maximum Gasteiger partial charge on any atom is 0.312 e. The molecule has 5 saturated carbocycles. The molecule has 5 fully saturated rings. The second-order valence-electron chi connectivity index (χ2n) is 9.90. The molecule has 0 radical (unpaired) electrons. The summed E-state index contributed by atoms with van der Waals surface area (Å²) < 4.78 is 58.0. The van der Waals surface area contributed by atoms with Gasteiger partial charge in [0, 0.05) is 16.1 Å². The number of rotatable bonds is 8. The quantitative estimate of drug-likeness (QED) is 0.490. The van der Waals surface area contributed by atoms with Crippen molar-refractivity contribution in [2.24, 2.45) is 0 Å². The molecular formula is C21H26Cl2N2O6S2. The summed E-state index contributed by atoms with van der Waals surface area (Å²) >= 11 is 12.3. The van der Waals surface area contributed by atoms with Gasteiger partial charge in [-0.05, 0) is 76.3 Å². The van der Waals surface area contributed by atoms with E-state index in [1.54, 1.807) is 0 Å². The van der Waals surface area contributed by atoms with E-state index < -0.39 is 42.4 Å². The molecule has 1 aromatic carbocycles. The van der Waals surface area contributed by atoms with E-state index in [1.165, 1.54) is 12.1 Å². The van der Waals surface area contributed by atoms with E-state index >= 15 is 0 Å². The van der Waals surface area contributed by atoms with E-state index in [2.05, 4.69) is 10.0 Å². The van der Waals surface area contributed by atoms with E-state index in [0.717, 1.165) is 0 Å². The van der Waals surface area contributed by atoms with Crippen molar-refractivity contribution < 1.29 is 25.8 Å². The first-order valence-corrected chi connectivity index (χ1v) is 15.0. The zero-order chi connectivity index (χ0) is 23.6. The number of benzene rings is 1. The highest BCUT2D eigenvalue weighted by Crippen LogP contribution is 2.48. The number of sulfonamides is 1. The van der Waals surface area contributed by atoms with Crippen molar-refractivity contribution in [2.45, 2.75) is 85.8 Å². The van der Waals surface area contributed by atoms with Crippen molar-refractivity contribution in [3.63, 3.8) is 0 Å². The van der Waals surface area contributed by atoms with Gasteiger partial charge >= 0.3 is 10.1 Å². The van der Waals surface area contributed by atoms with Crippen molar-refractivity contribution in [1.29, 1.82) is 0 Å². The lowest BCUT2D eigenvalue weighted by Gasteiger charge is -2.53. The third-order valence-electron chi connectivity index (χ3n) is 7.33. The molecule has 0 heterocycles. The van der Waals surface area contributed by atoms with E-state index in [9.17, 15) is 21.6 Å². The highest BCUT2D eigenvalue weighted by molar-refractivity contribution is 7.90. The third kappa shape index (κ3) is 4.74. The minimum absolute atomic E-state index is 0.0250. The molecule has 182 valence electrons. The predicted octanol–water partition coefficient (Wildman–Crippen LogP) is 3.52. The van der Waals surface area contributed by atoms with Gasteiger partial charge in [-0.1, -0.05) is 23.2 Å². The number of nitrogens with one attached hydrogen (secondary N) is 2. The molecule has 1 amide bonds. The summed E-state index contributed by atoms with van der Waals surface area (Å²) in [5.74, 6) is -0.714. The summed E-state index contributed by atoms with van der Waals surface area (Å²) in [5, 5.41) is 2.37. The smallest absolute Gasteiger partial charge is 0.312 e. The van der Waals surface area contributed by atoms with Gasteiger partial charge in [0.15, 0.2) is 5.75 Å². The molecule has 6 rings (SSSR count). The van der Waals surface area contributed by atoms with E-state index in [1.807, 2.05) is 0 Å². The van der Waals surface area contributed by atoms with Crippen LogP contribution in [-0.2, 0) is 20.1 Å². The Morgan fingerprint density at radius 3 is 1.97 bits per heavy atom. The lowest BCUT2D eigenvalue weighted by molar-refractivity contribution is 0.0575. The van der Waals surface area contributed by atoms with Crippen molar-refractivity contribution >= 4 is 49.3 Å². The fourth-order valence-electron chi connectivity index (χ4n) is 4.95. The number of amides is 1. The molecule has 0 atom stereocenters. The zero-order valence-corrected chi connectivity index (χ0v) is 21.0. The molecule has 0 unspecified atom stereocenters. The van der Waals surface area contributed by atoms with Gasteiger partial charge in [0.25, 0.3) is 5.91 Å². The van der Waals surface area contributed by atoms with Gasteiger partial charge < -0.3 is 9.50 Å². The van der Waals surface area contributed by atoms with Gasteiger partial charge in [-0.15, -0.1) is 0 Å². The van der Waals surface area contributed by atoms with Gasteiger partial charge in [0.1, 0.15) is 0 Å². The normalized spacial score (nSPS) is 29.6. The zero-order valence-electron chi connectivity index (χ0n) is 17.9. The Hall–Kier alpha value is -1.07. The second kappa shape index (κ2) is 7.98. The topological polar surface area (TPSA) is 119 Å². The number of carbonyl (C=O) groups is 1. The molecule has 0 aromatic heterocycles. The number of carbonyl (C=O) groups excluding carboxylic acids is 1. The van der Waals surface area contributed by atoms with Crippen LogP contribution in [0.15, 0.2) is 12.1 Å². The van der Waals surface area contributed by atoms with Crippen LogP contribution in [0.4, 0.5) is 0 Å². The molecule has 33 heavy (non-hydrogen) atoms. The summed E-state index contributed by atoms with van der Waals surface area (Å²) in [7, 11) is -7.17. The van der Waals surface area contributed by atoms with E-state index in [-0.39, 0.29) is 26.6 Å². The highest BCUT2D eigenvalue weighted by atomic mass is 35.5. The molecular weight excluding hydrogens is 511 g/mol. The molecule has 8 nitrogen and oxygen atoms in total. The average molecular weight is 537 g/mol. The number of hydrogen-bond donors (Lipinski definition) is 2. The Morgan fingerprint density at radius 2 is 1.42 bits per heavy atom. The van der Waals surface area contributed by atoms with Crippen LogP contribution in [0.1, 0.15) is 74.6 Å². The molecule has 2 bridgehead atoms. The van der Waals surface area contributed by atoms with Crippen molar-refractivity contribution in [3.05, 3.63) is 27.7 Å². The van der Waals surface area contributed by atoms with Gasteiger partial charge in [-0.2, -0.15) is 8.42 Å². The molecule has 5 aliphatic rings. The van der Waals surface area contributed by atoms with Crippen molar-refractivity contribution in [2.75, 3.05) is 0 Å². The Balaban J connectivity index is 1.33. The monoisotopic (exact) mass is 536 g/mol. The van der Waals surface area contributed by atoms with Gasteiger partial charge in [0.05, 0.1) is 21.1 Å². The Bertz CT molecular complexity index is 1180. The standard InChI is InChI=1S/C21H26Cl2N2O6S2/c22-13-11-16(18(17(23)12-13)31-33(29,30)15-3-4-15)19(26)24-20-5-8-21(9-6-20,10-7-20)25-32(27,28)14-1-2-14/h11-12,14-15,25H,1-10H2,(H,24,26). The van der Waals surface area contributed by atoms with E-state index in [0.29, 0.717) is 64.2 Å². The summed E-state index contributed by atoms with van der Waals surface area (Å²) in [6, 6.07) is 2.70. The van der Waals surface area contributed by atoms with E-state index in [4.69, 9.17) is 27.4 Å². The first-order valence-electron chi connectivity index (χ1n) is 11.2. The maximum absolute atomic E-state index is 13.3. The third-order valence-corrected chi connectivity index (χ3v) is 11.6. The molecule has 1 aromatic rings. The Labute approximate surface area is 203 Å². The lowest BCUT2D eigenvalue weighted by Crippen LogP contribution is -2.64. The Morgan fingerprint density at radius 1 is 0.879 bits per heavy atom. The number of hydrogen-bond acceptors (Lipinski definition) is 6. The molecule has 0 saturated heterocycles.